The number of hydrogen-bond donors (Lipinski definition) is 2. The van der Waals surface area contributed by atoms with Crippen LogP contribution in [0.4, 0.5) is 0 Å². The Kier molecular flexibility index (Phi) is 6.27. The van der Waals surface area contributed by atoms with Crippen LogP contribution in [0.3, 0.4) is 0 Å². The van der Waals surface area contributed by atoms with Crippen molar-refractivity contribution in [3.05, 3.63) is 58.9 Å². The van der Waals surface area contributed by atoms with Gasteiger partial charge in [-0.1, -0.05) is 13.8 Å². The van der Waals surface area contributed by atoms with Crippen molar-refractivity contribution < 1.29 is 9.47 Å². The Morgan fingerprint density at radius 2 is 1.24 bits per heavy atom. The van der Waals surface area contributed by atoms with Gasteiger partial charge in [-0.05, 0) is 79.3 Å². The van der Waals surface area contributed by atoms with Crippen LogP contribution in [0.15, 0.2) is 46.4 Å². The Morgan fingerprint density at radius 3 is 1.68 bits per heavy atom. The van der Waals surface area contributed by atoms with Gasteiger partial charge in [0.2, 0.25) is 0 Å². The molecule has 4 heterocycles. The lowest BCUT2D eigenvalue weighted by Crippen LogP contribution is -2.22. The van der Waals surface area contributed by atoms with Gasteiger partial charge in [0.1, 0.15) is 11.5 Å². The monoisotopic (exact) mass is 496 g/mol. The van der Waals surface area contributed by atoms with Gasteiger partial charge >= 0.3 is 0 Å². The molecule has 6 rings (SSSR count). The number of benzene rings is 2. The van der Waals surface area contributed by atoms with Crippen LogP contribution in [-0.2, 0) is 12.8 Å². The van der Waals surface area contributed by atoms with E-state index >= 15 is 0 Å². The summed E-state index contributed by atoms with van der Waals surface area (Å²) in [5.41, 5.74) is 9.91. The molecule has 6 heteroatoms. The second kappa shape index (κ2) is 9.73. The van der Waals surface area contributed by atoms with Crippen molar-refractivity contribution in [2.75, 3.05) is 27.3 Å². The van der Waals surface area contributed by atoms with E-state index in [0.29, 0.717) is 11.8 Å². The topological polar surface area (TPSA) is 74.8 Å². The summed E-state index contributed by atoms with van der Waals surface area (Å²) in [6.07, 6.45) is 5.02. The number of H-pyrrole nitrogens is 2. The molecule has 2 aliphatic heterocycles. The molecular formula is C31H36N4O2. The van der Waals surface area contributed by atoms with Gasteiger partial charge in [0.05, 0.1) is 37.0 Å². The fourth-order valence-electron chi connectivity index (χ4n) is 6.28. The molecule has 2 N–H and O–H groups in total. The summed E-state index contributed by atoms with van der Waals surface area (Å²) in [6, 6.07) is 12.7. The molecule has 4 aromatic rings. The quantitative estimate of drug-likeness (QED) is 0.292. The Hall–Kier alpha value is -3.54. The fraction of sp³-hybridized carbons (Fsp3) is 0.419. The summed E-state index contributed by atoms with van der Waals surface area (Å²) in [5, 5.41) is 2.58. The van der Waals surface area contributed by atoms with E-state index in [0.717, 1.165) is 67.7 Å². The molecule has 0 aliphatic carbocycles. The van der Waals surface area contributed by atoms with E-state index < -0.39 is 0 Å². The van der Waals surface area contributed by atoms with E-state index in [1.165, 1.54) is 44.7 Å². The molecule has 0 fully saturated rings. The standard InChI is InChI=1S/C31H36N4O2/c1-18(2)13-19(14-28-30-24(9-11-32-28)22-7-5-20(36-3)16-26(22)34-30)15-29-31-25(10-12-33-29)23-8-6-21(37-4)17-27(23)35-31/h5-8,16-19,34-35H,9-15H2,1-4H3. The highest BCUT2D eigenvalue weighted by molar-refractivity contribution is 6.08. The van der Waals surface area contributed by atoms with Crippen LogP contribution in [0.5, 0.6) is 11.5 Å². The first-order valence-corrected chi connectivity index (χ1v) is 13.5. The molecule has 37 heavy (non-hydrogen) atoms. The minimum Gasteiger partial charge on any atom is -0.497 e. The Labute approximate surface area is 218 Å². The van der Waals surface area contributed by atoms with Crippen molar-refractivity contribution >= 4 is 33.2 Å². The van der Waals surface area contributed by atoms with Crippen LogP contribution in [0.1, 0.15) is 55.6 Å². The molecule has 0 saturated heterocycles. The fourth-order valence-corrected chi connectivity index (χ4v) is 6.28. The maximum Gasteiger partial charge on any atom is 0.120 e. The molecule has 2 aromatic heterocycles. The first kappa shape index (κ1) is 23.8. The Balaban J connectivity index is 1.30. The van der Waals surface area contributed by atoms with Gasteiger partial charge in [0.25, 0.3) is 0 Å². The third-order valence-corrected chi connectivity index (χ3v) is 7.90. The molecule has 0 bridgehead atoms. The minimum absolute atomic E-state index is 0.469. The van der Waals surface area contributed by atoms with Gasteiger partial charge in [0, 0.05) is 47.0 Å². The van der Waals surface area contributed by atoms with Gasteiger partial charge in [0.15, 0.2) is 0 Å². The maximum atomic E-state index is 5.46. The molecule has 0 atom stereocenters. The number of methoxy groups -OCH3 is 2. The molecule has 6 nitrogen and oxygen atoms in total. The summed E-state index contributed by atoms with van der Waals surface area (Å²) in [6.45, 7) is 6.34. The molecular weight excluding hydrogens is 460 g/mol. The van der Waals surface area contributed by atoms with E-state index in [1.807, 2.05) is 0 Å². The normalized spacial score (nSPS) is 15.2. The lowest BCUT2D eigenvalue weighted by Gasteiger charge is -2.24. The van der Waals surface area contributed by atoms with Gasteiger partial charge in [-0.25, -0.2) is 0 Å². The number of hydrogen-bond acceptors (Lipinski definition) is 4. The van der Waals surface area contributed by atoms with Crippen LogP contribution >= 0.6 is 0 Å². The van der Waals surface area contributed by atoms with Crippen molar-refractivity contribution in [2.24, 2.45) is 21.8 Å². The molecule has 0 radical (unpaired) electrons. The largest absolute Gasteiger partial charge is 0.497 e. The van der Waals surface area contributed by atoms with Crippen molar-refractivity contribution in [3.8, 4) is 11.5 Å². The first-order chi connectivity index (χ1) is 18.0. The second-order valence-corrected chi connectivity index (χ2v) is 10.8. The zero-order chi connectivity index (χ0) is 25.5. The molecule has 2 aliphatic rings. The first-order valence-electron chi connectivity index (χ1n) is 13.5. The number of nitrogens with zero attached hydrogens (tertiary/aromatic N) is 2. The van der Waals surface area contributed by atoms with E-state index in [4.69, 9.17) is 19.5 Å². The van der Waals surface area contributed by atoms with Gasteiger partial charge in [-0.2, -0.15) is 0 Å². The molecule has 2 aromatic carbocycles. The second-order valence-electron chi connectivity index (χ2n) is 10.8. The highest BCUT2D eigenvalue weighted by Crippen LogP contribution is 2.34. The van der Waals surface area contributed by atoms with Crippen LogP contribution in [0, 0.1) is 11.8 Å². The SMILES string of the molecule is COc1ccc2c3c([nH]c2c1)C(CC(CC1=NCCc2c1[nH]c1cc(OC)ccc21)CC(C)C)=NCC3. The lowest BCUT2D eigenvalue weighted by atomic mass is 9.84. The van der Waals surface area contributed by atoms with Crippen molar-refractivity contribution in [1.82, 2.24) is 9.97 Å². The van der Waals surface area contributed by atoms with Crippen molar-refractivity contribution in [2.45, 2.75) is 46.0 Å². The van der Waals surface area contributed by atoms with Gasteiger partial charge in [-0.15, -0.1) is 0 Å². The molecule has 0 saturated carbocycles. The third kappa shape index (κ3) is 4.43. The number of rotatable bonds is 8. The number of aromatic nitrogens is 2. The smallest absolute Gasteiger partial charge is 0.120 e. The summed E-state index contributed by atoms with van der Waals surface area (Å²) >= 11 is 0. The average Bonchev–Trinajstić information content (AvgIpc) is 3.47. The van der Waals surface area contributed by atoms with Crippen molar-refractivity contribution in [3.63, 3.8) is 0 Å². The minimum atomic E-state index is 0.469. The number of aliphatic imine (C=N–C) groups is 2. The summed E-state index contributed by atoms with van der Waals surface area (Å²) in [7, 11) is 3.44. The predicted octanol–water partition coefficient (Wildman–Crippen LogP) is 6.50. The zero-order valence-electron chi connectivity index (χ0n) is 22.3. The van der Waals surface area contributed by atoms with E-state index in [2.05, 4.69) is 60.2 Å². The zero-order valence-corrected chi connectivity index (χ0v) is 22.3. The van der Waals surface area contributed by atoms with Crippen LogP contribution in [0.2, 0.25) is 0 Å². The number of ether oxygens (including phenoxy) is 2. The Bertz CT molecular complexity index is 1410. The van der Waals surface area contributed by atoms with Crippen LogP contribution in [0.25, 0.3) is 21.8 Å². The Morgan fingerprint density at radius 1 is 0.757 bits per heavy atom. The maximum absolute atomic E-state index is 5.46. The highest BCUT2D eigenvalue weighted by Gasteiger charge is 2.27. The van der Waals surface area contributed by atoms with E-state index in [-0.39, 0.29) is 0 Å². The van der Waals surface area contributed by atoms with Gasteiger partial charge < -0.3 is 19.4 Å². The number of fused-ring (bicyclic) bond motifs is 6. The van der Waals surface area contributed by atoms with Crippen molar-refractivity contribution in [1.29, 1.82) is 0 Å². The summed E-state index contributed by atoms with van der Waals surface area (Å²) in [5.74, 6) is 2.83. The molecule has 0 spiro atoms. The summed E-state index contributed by atoms with van der Waals surface area (Å²) in [4.78, 5) is 17.5. The molecule has 0 amide bonds. The number of nitrogens with one attached hydrogen (secondary N) is 2. The lowest BCUT2D eigenvalue weighted by molar-refractivity contribution is 0.415. The van der Waals surface area contributed by atoms with Gasteiger partial charge in [-0.3, -0.25) is 9.98 Å². The molecule has 192 valence electrons. The van der Waals surface area contributed by atoms with Crippen LogP contribution < -0.4 is 9.47 Å². The van der Waals surface area contributed by atoms with E-state index in [1.54, 1.807) is 14.2 Å². The van der Waals surface area contributed by atoms with Crippen LogP contribution in [-0.4, -0.2) is 48.7 Å². The average molecular weight is 497 g/mol. The predicted molar refractivity (Wildman–Crippen MR) is 152 cm³/mol. The highest BCUT2D eigenvalue weighted by atomic mass is 16.5. The molecule has 0 unspecified atom stereocenters. The number of aromatic amines is 2. The van der Waals surface area contributed by atoms with E-state index in [9.17, 15) is 0 Å². The summed E-state index contributed by atoms with van der Waals surface area (Å²) < 4.78 is 10.9. The third-order valence-electron chi connectivity index (χ3n) is 7.90.